The second kappa shape index (κ2) is 2.38. The topological polar surface area (TPSA) is 52.0 Å². The van der Waals surface area contributed by atoms with Crippen molar-refractivity contribution in [2.75, 3.05) is 0 Å². The van der Waals surface area contributed by atoms with Crippen molar-refractivity contribution < 1.29 is 0 Å². The van der Waals surface area contributed by atoms with Crippen LogP contribution >= 0.6 is 11.6 Å². The first-order chi connectivity index (χ1) is 4.52. The van der Waals surface area contributed by atoms with Gasteiger partial charge in [0, 0.05) is 11.1 Å². The highest BCUT2D eigenvalue weighted by molar-refractivity contribution is 6.31. The summed E-state index contributed by atoms with van der Waals surface area (Å²) in [5.41, 5.74) is 11.0. The van der Waals surface area contributed by atoms with Crippen LogP contribution in [0.3, 0.4) is 0 Å². The molecule has 0 aromatic rings. The van der Waals surface area contributed by atoms with Gasteiger partial charge >= 0.3 is 0 Å². The Bertz CT molecular complexity index is 194. The van der Waals surface area contributed by atoms with Crippen LogP contribution in [0.2, 0.25) is 0 Å². The maximum Gasteiger partial charge on any atom is 0.0504 e. The van der Waals surface area contributed by atoms with E-state index in [4.69, 9.17) is 23.1 Å². The Morgan fingerprint density at radius 3 is 2.70 bits per heavy atom. The van der Waals surface area contributed by atoms with Crippen molar-refractivity contribution >= 4 is 11.6 Å². The molecule has 0 fully saturated rings. The Labute approximate surface area is 65.5 Å². The largest absolute Gasteiger partial charge is 0.323 e. The van der Waals surface area contributed by atoms with Gasteiger partial charge in [-0.3, -0.25) is 0 Å². The molecule has 0 saturated heterocycles. The lowest BCUT2D eigenvalue weighted by atomic mass is 9.90. The van der Waals surface area contributed by atoms with Gasteiger partial charge in [-0.2, -0.15) is 0 Å². The van der Waals surface area contributed by atoms with Crippen LogP contribution in [0.5, 0.6) is 0 Å². The third-order valence-corrected chi connectivity index (χ3v) is 1.91. The Hall–Kier alpha value is -0.310. The number of allylic oxidation sites excluding steroid dienone is 2. The number of hydrogen-bond acceptors (Lipinski definition) is 2. The second-order valence-corrected chi connectivity index (χ2v) is 3.21. The summed E-state index contributed by atoms with van der Waals surface area (Å²) in [7, 11) is 0. The molecule has 0 amide bonds. The molecule has 2 unspecified atom stereocenters. The van der Waals surface area contributed by atoms with Crippen molar-refractivity contribution in [3.8, 4) is 0 Å². The van der Waals surface area contributed by atoms with Gasteiger partial charge in [-0.25, -0.2) is 0 Å². The molecule has 0 heterocycles. The fraction of sp³-hybridized carbons (Fsp3) is 0.429. The fourth-order valence-corrected chi connectivity index (χ4v) is 0.976. The van der Waals surface area contributed by atoms with Gasteiger partial charge in [0.25, 0.3) is 0 Å². The SMILES string of the molecule is CC1(N)C=CC(Cl)=CC1N. The Morgan fingerprint density at radius 2 is 2.30 bits per heavy atom. The van der Waals surface area contributed by atoms with Crippen LogP contribution in [0.25, 0.3) is 0 Å². The molecule has 56 valence electrons. The summed E-state index contributed by atoms with van der Waals surface area (Å²) in [6.07, 6.45) is 5.34. The Morgan fingerprint density at radius 1 is 1.70 bits per heavy atom. The smallest absolute Gasteiger partial charge is 0.0504 e. The van der Waals surface area contributed by atoms with E-state index in [1.807, 2.05) is 13.0 Å². The zero-order valence-corrected chi connectivity index (χ0v) is 6.60. The minimum absolute atomic E-state index is 0.176. The van der Waals surface area contributed by atoms with E-state index in [2.05, 4.69) is 0 Å². The monoisotopic (exact) mass is 158 g/mol. The quantitative estimate of drug-likeness (QED) is 0.546. The van der Waals surface area contributed by atoms with Gasteiger partial charge in [0.1, 0.15) is 0 Å². The molecule has 1 rings (SSSR count). The highest BCUT2D eigenvalue weighted by Gasteiger charge is 2.24. The summed E-state index contributed by atoms with van der Waals surface area (Å²) < 4.78 is 0. The van der Waals surface area contributed by atoms with E-state index >= 15 is 0 Å². The van der Waals surface area contributed by atoms with E-state index < -0.39 is 5.54 Å². The lowest BCUT2D eigenvalue weighted by Crippen LogP contribution is -2.51. The van der Waals surface area contributed by atoms with Gasteiger partial charge in [-0.05, 0) is 19.1 Å². The molecule has 2 nitrogen and oxygen atoms in total. The number of halogens is 1. The molecule has 4 N–H and O–H groups in total. The van der Waals surface area contributed by atoms with E-state index in [0.29, 0.717) is 5.03 Å². The number of hydrogen-bond donors (Lipinski definition) is 2. The van der Waals surface area contributed by atoms with Gasteiger partial charge in [0.2, 0.25) is 0 Å². The van der Waals surface area contributed by atoms with Gasteiger partial charge < -0.3 is 11.5 Å². The van der Waals surface area contributed by atoms with Crippen molar-refractivity contribution in [3.05, 3.63) is 23.3 Å². The van der Waals surface area contributed by atoms with Crippen molar-refractivity contribution in [2.24, 2.45) is 11.5 Å². The van der Waals surface area contributed by atoms with E-state index in [1.165, 1.54) is 0 Å². The Kier molecular flexibility index (Phi) is 1.86. The molecule has 0 spiro atoms. The Balaban J connectivity index is 2.84. The zero-order valence-electron chi connectivity index (χ0n) is 5.84. The molecule has 1 aliphatic rings. The normalized spacial score (nSPS) is 39.6. The third kappa shape index (κ3) is 1.40. The van der Waals surface area contributed by atoms with Gasteiger partial charge in [0.15, 0.2) is 0 Å². The van der Waals surface area contributed by atoms with E-state index in [1.54, 1.807) is 12.2 Å². The first kappa shape index (κ1) is 7.79. The minimum Gasteiger partial charge on any atom is -0.323 e. The summed E-state index contributed by atoms with van der Waals surface area (Å²) in [5, 5.41) is 0.662. The first-order valence-corrected chi connectivity index (χ1v) is 3.51. The molecule has 0 saturated carbocycles. The molecule has 0 bridgehead atoms. The van der Waals surface area contributed by atoms with Crippen LogP contribution in [0, 0.1) is 0 Å². The lowest BCUT2D eigenvalue weighted by Gasteiger charge is -2.28. The third-order valence-electron chi connectivity index (χ3n) is 1.66. The van der Waals surface area contributed by atoms with Gasteiger partial charge in [0.05, 0.1) is 5.54 Å². The van der Waals surface area contributed by atoms with Crippen LogP contribution in [0.4, 0.5) is 0 Å². The summed E-state index contributed by atoms with van der Waals surface area (Å²) in [5.74, 6) is 0. The zero-order chi connectivity index (χ0) is 7.78. The molecule has 0 aliphatic heterocycles. The van der Waals surface area contributed by atoms with Crippen LogP contribution in [0.1, 0.15) is 6.92 Å². The summed E-state index contributed by atoms with van der Waals surface area (Å²) in [6.45, 7) is 1.87. The predicted octanol–water partition coefficient (Wildman–Crippen LogP) is 0.724. The number of nitrogens with two attached hydrogens (primary N) is 2. The van der Waals surface area contributed by atoms with E-state index in [9.17, 15) is 0 Å². The average molecular weight is 159 g/mol. The molecule has 0 aromatic heterocycles. The summed E-state index contributed by atoms with van der Waals surface area (Å²) in [4.78, 5) is 0. The van der Waals surface area contributed by atoms with Gasteiger partial charge in [-0.1, -0.05) is 17.7 Å². The van der Waals surface area contributed by atoms with Crippen molar-refractivity contribution in [2.45, 2.75) is 18.5 Å². The van der Waals surface area contributed by atoms with E-state index in [-0.39, 0.29) is 6.04 Å². The molecule has 0 radical (unpaired) electrons. The van der Waals surface area contributed by atoms with Gasteiger partial charge in [-0.15, -0.1) is 0 Å². The molecule has 0 aromatic carbocycles. The summed E-state index contributed by atoms with van der Waals surface area (Å²) in [6, 6.07) is -0.176. The van der Waals surface area contributed by atoms with Crippen LogP contribution in [0.15, 0.2) is 23.3 Å². The fourth-order valence-electron chi connectivity index (χ4n) is 0.777. The molecular formula is C7H11ClN2. The lowest BCUT2D eigenvalue weighted by molar-refractivity contribution is 0.514. The second-order valence-electron chi connectivity index (χ2n) is 2.78. The van der Waals surface area contributed by atoms with Crippen LogP contribution in [-0.4, -0.2) is 11.6 Å². The van der Waals surface area contributed by atoms with Crippen LogP contribution < -0.4 is 11.5 Å². The maximum atomic E-state index is 5.77. The number of rotatable bonds is 0. The standard InChI is InChI=1S/C7H11ClN2/c1-7(10)3-2-5(8)4-6(7)9/h2-4,6H,9-10H2,1H3. The van der Waals surface area contributed by atoms with Crippen molar-refractivity contribution in [3.63, 3.8) is 0 Å². The van der Waals surface area contributed by atoms with Crippen LogP contribution in [-0.2, 0) is 0 Å². The maximum absolute atomic E-state index is 5.77. The van der Waals surface area contributed by atoms with Crippen molar-refractivity contribution in [1.82, 2.24) is 0 Å². The molecule has 1 aliphatic carbocycles. The molecular weight excluding hydrogens is 148 g/mol. The average Bonchev–Trinajstić information content (AvgIpc) is 1.81. The van der Waals surface area contributed by atoms with Crippen molar-refractivity contribution in [1.29, 1.82) is 0 Å². The summed E-state index contributed by atoms with van der Waals surface area (Å²) >= 11 is 5.68. The molecule has 3 heteroatoms. The highest BCUT2D eigenvalue weighted by atomic mass is 35.5. The highest BCUT2D eigenvalue weighted by Crippen LogP contribution is 2.18. The van der Waals surface area contributed by atoms with E-state index in [0.717, 1.165) is 0 Å². The minimum atomic E-state index is -0.446. The molecule has 10 heavy (non-hydrogen) atoms. The predicted molar refractivity (Wildman–Crippen MR) is 43.6 cm³/mol. The first-order valence-electron chi connectivity index (χ1n) is 3.13. The molecule has 2 atom stereocenters.